The lowest BCUT2D eigenvalue weighted by atomic mass is 10.1. The van der Waals surface area contributed by atoms with E-state index in [0.717, 1.165) is 54.4 Å². The summed E-state index contributed by atoms with van der Waals surface area (Å²) in [5, 5.41) is 6.94. The number of nitrogens with zero attached hydrogens (tertiary/aromatic N) is 3. The molecule has 1 aliphatic rings. The van der Waals surface area contributed by atoms with Gasteiger partial charge in [0, 0.05) is 43.1 Å². The summed E-state index contributed by atoms with van der Waals surface area (Å²) in [5.41, 5.74) is 5.30. The second kappa shape index (κ2) is 10.2. The van der Waals surface area contributed by atoms with E-state index in [1.807, 2.05) is 26.0 Å². The molecule has 1 aromatic heterocycles. The van der Waals surface area contributed by atoms with Crippen LogP contribution in [0.15, 0.2) is 40.9 Å². The normalized spacial score (nSPS) is 14.2. The van der Waals surface area contributed by atoms with Gasteiger partial charge in [0.2, 0.25) is 0 Å². The molecule has 34 heavy (non-hydrogen) atoms. The summed E-state index contributed by atoms with van der Waals surface area (Å²) in [6, 6.07) is 11.2. The first-order valence-electron chi connectivity index (χ1n) is 11.4. The molecule has 0 saturated carbocycles. The first-order chi connectivity index (χ1) is 16.4. The SMILES string of the molecule is COc1cc(C(=O)Nc2ccc(N3CCN(C)CC3)c(C)c2)ccc1OCc1c(C)noc1C. The van der Waals surface area contributed by atoms with Crippen LogP contribution < -0.4 is 19.7 Å². The highest BCUT2D eigenvalue weighted by Crippen LogP contribution is 2.30. The molecule has 0 bridgehead atoms. The molecule has 0 radical (unpaired) electrons. The maximum atomic E-state index is 12.9. The highest BCUT2D eigenvalue weighted by molar-refractivity contribution is 6.04. The van der Waals surface area contributed by atoms with Crippen molar-refractivity contribution in [1.82, 2.24) is 10.1 Å². The number of ether oxygens (including phenoxy) is 2. The Kier molecular flexibility index (Phi) is 7.07. The predicted molar refractivity (Wildman–Crippen MR) is 132 cm³/mol. The van der Waals surface area contributed by atoms with Gasteiger partial charge in [0.25, 0.3) is 5.91 Å². The van der Waals surface area contributed by atoms with Crippen molar-refractivity contribution >= 4 is 17.3 Å². The molecule has 0 spiro atoms. The Morgan fingerprint density at radius 1 is 1.06 bits per heavy atom. The minimum atomic E-state index is -0.206. The average molecular weight is 465 g/mol. The highest BCUT2D eigenvalue weighted by Gasteiger charge is 2.17. The zero-order valence-electron chi connectivity index (χ0n) is 20.5. The van der Waals surface area contributed by atoms with Crippen molar-refractivity contribution in [2.75, 3.05) is 50.6 Å². The Balaban J connectivity index is 1.43. The maximum Gasteiger partial charge on any atom is 0.255 e. The van der Waals surface area contributed by atoms with Crippen LogP contribution in [0.5, 0.6) is 11.5 Å². The summed E-state index contributed by atoms with van der Waals surface area (Å²) in [6.45, 7) is 10.2. The van der Waals surface area contributed by atoms with Crippen LogP contribution in [0.4, 0.5) is 11.4 Å². The molecule has 1 amide bonds. The fourth-order valence-corrected chi connectivity index (χ4v) is 4.12. The standard InChI is InChI=1S/C26H32N4O4/c1-17-14-21(7-8-23(17)30-12-10-29(4)11-13-30)27-26(31)20-6-9-24(25(15-20)32-5)33-16-22-18(2)28-34-19(22)3/h6-9,14-15H,10-13,16H2,1-5H3,(H,27,31). The highest BCUT2D eigenvalue weighted by atomic mass is 16.5. The van der Waals surface area contributed by atoms with Crippen molar-refractivity contribution in [1.29, 1.82) is 0 Å². The number of likely N-dealkylation sites (N-methyl/N-ethyl adjacent to an activating group) is 1. The molecule has 8 heteroatoms. The fraction of sp³-hybridized carbons (Fsp3) is 0.385. The van der Waals surface area contributed by atoms with Crippen LogP contribution >= 0.6 is 0 Å². The Morgan fingerprint density at radius 2 is 1.82 bits per heavy atom. The van der Waals surface area contributed by atoms with Gasteiger partial charge < -0.3 is 29.1 Å². The van der Waals surface area contributed by atoms with E-state index >= 15 is 0 Å². The number of aromatic nitrogens is 1. The number of anilines is 2. The Labute approximate surface area is 200 Å². The van der Waals surface area contributed by atoms with Crippen LogP contribution in [0.2, 0.25) is 0 Å². The van der Waals surface area contributed by atoms with E-state index in [-0.39, 0.29) is 5.91 Å². The number of aryl methyl sites for hydroxylation is 3. The second-order valence-electron chi connectivity index (χ2n) is 8.70. The van der Waals surface area contributed by atoms with Crippen molar-refractivity contribution in [2.24, 2.45) is 0 Å². The molecule has 1 aliphatic heterocycles. The number of amides is 1. The van der Waals surface area contributed by atoms with Crippen molar-refractivity contribution in [2.45, 2.75) is 27.4 Å². The first-order valence-corrected chi connectivity index (χ1v) is 11.4. The first kappa shape index (κ1) is 23.6. The largest absolute Gasteiger partial charge is 0.493 e. The van der Waals surface area contributed by atoms with Gasteiger partial charge in [-0.25, -0.2) is 0 Å². The van der Waals surface area contributed by atoms with Gasteiger partial charge in [-0.1, -0.05) is 5.16 Å². The minimum Gasteiger partial charge on any atom is -0.493 e. The topological polar surface area (TPSA) is 80.1 Å². The lowest BCUT2D eigenvalue weighted by Crippen LogP contribution is -2.44. The Morgan fingerprint density at radius 3 is 2.47 bits per heavy atom. The van der Waals surface area contributed by atoms with Crippen LogP contribution in [-0.4, -0.2) is 56.3 Å². The summed E-state index contributed by atoms with van der Waals surface area (Å²) >= 11 is 0. The van der Waals surface area contributed by atoms with Gasteiger partial charge >= 0.3 is 0 Å². The lowest BCUT2D eigenvalue weighted by Gasteiger charge is -2.35. The van der Waals surface area contributed by atoms with Crippen LogP contribution in [0.25, 0.3) is 0 Å². The van der Waals surface area contributed by atoms with Gasteiger partial charge in [0.15, 0.2) is 11.5 Å². The number of benzene rings is 2. The van der Waals surface area contributed by atoms with E-state index in [2.05, 4.69) is 40.3 Å². The van der Waals surface area contributed by atoms with Crippen molar-refractivity contribution in [3.63, 3.8) is 0 Å². The van der Waals surface area contributed by atoms with Crippen LogP contribution in [-0.2, 0) is 6.61 Å². The number of rotatable bonds is 7. The average Bonchev–Trinajstić information content (AvgIpc) is 3.15. The third-order valence-electron chi connectivity index (χ3n) is 6.28. The van der Waals surface area contributed by atoms with Gasteiger partial charge in [-0.05, 0) is 69.8 Å². The van der Waals surface area contributed by atoms with Gasteiger partial charge in [-0.2, -0.15) is 0 Å². The zero-order valence-corrected chi connectivity index (χ0v) is 20.5. The monoisotopic (exact) mass is 464 g/mol. The molecular weight excluding hydrogens is 432 g/mol. The summed E-state index contributed by atoms with van der Waals surface area (Å²) < 4.78 is 16.6. The third kappa shape index (κ3) is 5.17. The molecule has 8 nitrogen and oxygen atoms in total. The molecule has 1 N–H and O–H groups in total. The fourth-order valence-electron chi connectivity index (χ4n) is 4.12. The van der Waals surface area contributed by atoms with Crippen LogP contribution in [0.3, 0.4) is 0 Å². The van der Waals surface area contributed by atoms with Crippen LogP contribution in [0, 0.1) is 20.8 Å². The molecule has 4 rings (SSSR count). The van der Waals surface area contributed by atoms with E-state index in [0.29, 0.717) is 23.7 Å². The van der Waals surface area contributed by atoms with Crippen molar-refractivity contribution < 1.29 is 18.8 Å². The van der Waals surface area contributed by atoms with E-state index < -0.39 is 0 Å². The van der Waals surface area contributed by atoms with Gasteiger partial charge in [-0.15, -0.1) is 0 Å². The van der Waals surface area contributed by atoms with E-state index in [1.165, 1.54) is 5.69 Å². The number of piperazine rings is 1. The van der Waals surface area contributed by atoms with Gasteiger partial charge in [0.05, 0.1) is 18.4 Å². The summed E-state index contributed by atoms with van der Waals surface area (Å²) in [7, 11) is 3.70. The van der Waals surface area contributed by atoms with Crippen LogP contribution in [0.1, 0.15) is 32.9 Å². The van der Waals surface area contributed by atoms with E-state index in [1.54, 1.807) is 25.3 Å². The Bertz CT molecular complexity index is 1150. The number of carbonyl (C=O) groups excluding carboxylic acids is 1. The number of carbonyl (C=O) groups is 1. The molecule has 1 fully saturated rings. The molecule has 0 aliphatic carbocycles. The number of nitrogens with one attached hydrogen (secondary N) is 1. The van der Waals surface area contributed by atoms with Crippen molar-refractivity contribution in [3.05, 3.63) is 64.5 Å². The number of methoxy groups -OCH3 is 1. The van der Waals surface area contributed by atoms with E-state index in [4.69, 9.17) is 14.0 Å². The number of hydrogen-bond acceptors (Lipinski definition) is 7. The minimum absolute atomic E-state index is 0.206. The summed E-state index contributed by atoms with van der Waals surface area (Å²) in [5.74, 6) is 1.55. The predicted octanol–water partition coefficient (Wildman–Crippen LogP) is 4.19. The van der Waals surface area contributed by atoms with Gasteiger partial charge in [-0.3, -0.25) is 4.79 Å². The molecule has 0 atom stereocenters. The Hall–Kier alpha value is -3.52. The zero-order chi connectivity index (χ0) is 24.2. The smallest absolute Gasteiger partial charge is 0.255 e. The lowest BCUT2D eigenvalue weighted by molar-refractivity contribution is 0.102. The summed E-state index contributed by atoms with van der Waals surface area (Å²) in [6.07, 6.45) is 0. The molecule has 180 valence electrons. The van der Waals surface area contributed by atoms with Crippen molar-refractivity contribution in [3.8, 4) is 11.5 Å². The molecule has 3 aromatic rings. The molecule has 2 aromatic carbocycles. The molecular formula is C26H32N4O4. The van der Waals surface area contributed by atoms with Gasteiger partial charge in [0.1, 0.15) is 12.4 Å². The maximum absolute atomic E-state index is 12.9. The molecule has 2 heterocycles. The molecule has 0 unspecified atom stereocenters. The second-order valence-corrected chi connectivity index (χ2v) is 8.70. The van der Waals surface area contributed by atoms with E-state index in [9.17, 15) is 4.79 Å². The number of hydrogen-bond donors (Lipinski definition) is 1. The summed E-state index contributed by atoms with van der Waals surface area (Å²) in [4.78, 5) is 17.6. The molecule has 1 saturated heterocycles. The third-order valence-corrected chi connectivity index (χ3v) is 6.28. The quantitative estimate of drug-likeness (QED) is 0.562.